The molecule has 7 heteroatoms. The molecule has 264 valence electrons. The Kier molecular flexibility index (Phi) is 27.2. The Hall–Kier alpha value is -1.89. The van der Waals surface area contributed by atoms with Crippen LogP contribution in [-0.2, 0) is 14.4 Å². The van der Waals surface area contributed by atoms with Crippen LogP contribution in [0.3, 0.4) is 0 Å². The van der Waals surface area contributed by atoms with Crippen molar-refractivity contribution in [2.24, 2.45) is 17.8 Å². The Morgan fingerprint density at radius 3 is 1.04 bits per heavy atom. The summed E-state index contributed by atoms with van der Waals surface area (Å²) in [7, 11) is 0. The number of nitrogens with zero attached hydrogens (tertiary/aromatic N) is 1. The molecule has 0 aliphatic rings. The minimum absolute atomic E-state index is 0.258. The third-order valence-electron chi connectivity index (χ3n) is 9.74. The van der Waals surface area contributed by atoms with Gasteiger partial charge in [-0.1, -0.05) is 123 Å². The predicted octanol–water partition coefficient (Wildman–Crippen LogP) is 10.1. The molecule has 0 aromatic rings. The van der Waals surface area contributed by atoms with E-state index in [0.29, 0.717) is 25.8 Å². The van der Waals surface area contributed by atoms with Crippen LogP contribution < -0.4 is 0 Å². The summed E-state index contributed by atoms with van der Waals surface area (Å²) < 4.78 is 0.258. The van der Waals surface area contributed by atoms with Crippen LogP contribution >= 0.6 is 0 Å². The van der Waals surface area contributed by atoms with Crippen LogP contribution in [0.2, 0.25) is 0 Å². The van der Waals surface area contributed by atoms with Gasteiger partial charge in [-0.25, -0.2) is 0 Å². The highest BCUT2D eigenvalue weighted by molar-refractivity contribution is 5.71. The fourth-order valence-electron chi connectivity index (χ4n) is 6.62. The number of allylic oxidation sites excluding steroid dienone is 2. The molecule has 0 aliphatic heterocycles. The topological polar surface area (TPSA) is 112 Å². The average Bonchev–Trinajstić information content (AvgIpc) is 3.01. The quantitative estimate of drug-likeness (QED) is 0.0375. The molecule has 7 nitrogen and oxygen atoms in total. The van der Waals surface area contributed by atoms with E-state index in [1.165, 1.54) is 103 Å². The molecule has 0 radical (unpaired) electrons. The highest BCUT2D eigenvalue weighted by Crippen LogP contribution is 2.25. The first-order chi connectivity index (χ1) is 21.7. The number of carboxylic acid groups (broad SMARTS) is 3. The van der Waals surface area contributed by atoms with Gasteiger partial charge >= 0.3 is 17.9 Å². The average molecular weight is 639 g/mol. The van der Waals surface area contributed by atoms with Crippen molar-refractivity contribution in [2.45, 2.75) is 169 Å². The van der Waals surface area contributed by atoms with Crippen LogP contribution in [0.25, 0.3) is 0 Å². The van der Waals surface area contributed by atoms with E-state index in [-0.39, 0.29) is 24.1 Å². The molecule has 0 amide bonds. The van der Waals surface area contributed by atoms with Crippen molar-refractivity contribution in [1.29, 1.82) is 0 Å². The van der Waals surface area contributed by atoms with E-state index in [0.717, 1.165) is 19.3 Å². The number of rotatable bonds is 33. The highest BCUT2D eigenvalue weighted by atomic mass is 16.4. The third-order valence-corrected chi connectivity index (χ3v) is 9.74. The van der Waals surface area contributed by atoms with E-state index in [1.54, 1.807) is 0 Å². The molecule has 0 aromatic carbocycles. The van der Waals surface area contributed by atoms with Crippen LogP contribution in [-0.4, -0.2) is 63.9 Å². The van der Waals surface area contributed by atoms with Gasteiger partial charge in [0.25, 0.3) is 0 Å². The summed E-state index contributed by atoms with van der Waals surface area (Å²) in [5.74, 6) is -4.52. The van der Waals surface area contributed by atoms with Crippen molar-refractivity contribution >= 4 is 17.9 Å². The third kappa shape index (κ3) is 22.3. The van der Waals surface area contributed by atoms with Gasteiger partial charge in [0.15, 0.2) is 0 Å². The Labute approximate surface area is 276 Å². The molecule has 0 fully saturated rings. The van der Waals surface area contributed by atoms with E-state index in [1.807, 2.05) is 20.8 Å². The Morgan fingerprint density at radius 1 is 0.467 bits per heavy atom. The fraction of sp³-hybridized carbons (Fsp3) is 0.868. The van der Waals surface area contributed by atoms with Crippen LogP contribution in [0.15, 0.2) is 12.2 Å². The zero-order valence-corrected chi connectivity index (χ0v) is 29.8. The number of carboxylic acids is 3. The van der Waals surface area contributed by atoms with Gasteiger partial charge in [0.1, 0.15) is 17.8 Å². The number of hydrogen-bond donors (Lipinski definition) is 3. The lowest BCUT2D eigenvalue weighted by Crippen LogP contribution is -2.58. The van der Waals surface area contributed by atoms with Crippen molar-refractivity contribution < 1.29 is 34.2 Å². The molecule has 0 saturated carbocycles. The zero-order chi connectivity index (χ0) is 33.8. The largest absolute Gasteiger partial charge is 0.481 e. The van der Waals surface area contributed by atoms with E-state index in [2.05, 4.69) is 19.1 Å². The number of carbonyl (C=O) groups is 3. The number of unbranched alkanes of at least 4 members (excludes halogenated alkanes) is 17. The van der Waals surface area contributed by atoms with Crippen LogP contribution in [0, 0.1) is 17.8 Å². The molecule has 0 heterocycles. The number of quaternary nitrogens is 1. The molecule has 0 saturated heterocycles. The maximum absolute atomic E-state index is 12.0. The molecule has 0 rings (SSSR count). The Balaban J connectivity index is 4.51. The predicted molar refractivity (Wildman–Crippen MR) is 187 cm³/mol. The molecule has 0 aromatic heterocycles. The lowest BCUT2D eigenvalue weighted by Gasteiger charge is -2.43. The monoisotopic (exact) mass is 639 g/mol. The summed E-state index contributed by atoms with van der Waals surface area (Å²) in [6.45, 7) is 9.27. The summed E-state index contributed by atoms with van der Waals surface area (Å²) in [6, 6.07) is 0. The van der Waals surface area contributed by atoms with Gasteiger partial charge in [-0.2, -0.15) is 0 Å². The molecular weight excluding hydrogens is 566 g/mol. The SMILES string of the molecule is CCCCCCCCCC/C=C/CCCCCCCCCCC[N+](CC(CC)C(=O)O)(CC(CC)C(=O)O)CC(CC)C(=O)O. The zero-order valence-electron chi connectivity index (χ0n) is 29.8. The van der Waals surface area contributed by atoms with Crippen molar-refractivity contribution in [3.05, 3.63) is 12.2 Å². The summed E-state index contributed by atoms with van der Waals surface area (Å²) in [6.07, 6.45) is 30.0. The van der Waals surface area contributed by atoms with E-state index < -0.39 is 35.7 Å². The minimum atomic E-state index is -0.887. The molecular formula is C38H72NO6+. The fourth-order valence-corrected chi connectivity index (χ4v) is 6.62. The second kappa shape index (κ2) is 28.3. The van der Waals surface area contributed by atoms with Crippen molar-refractivity contribution in [3.8, 4) is 0 Å². The van der Waals surface area contributed by atoms with Gasteiger partial charge in [0, 0.05) is 0 Å². The normalized spacial score (nSPS) is 15.1. The standard InChI is InChI=1S/C38H71NO6/c1-5-9-10-11-12-13-14-15-16-17-18-19-20-21-22-23-24-25-26-27-28-29-39(30-33(6-2)36(40)41,31-34(7-3)37(42)43)32-35(8-4)38(44)45/h17-18,33-35H,5-16,19-32H2,1-4H3,(H2-,40,41,42,43,44,45)/p+1/b18-17+. The van der Waals surface area contributed by atoms with Crippen molar-refractivity contribution in [2.75, 3.05) is 26.2 Å². The summed E-state index contributed by atoms with van der Waals surface area (Å²) in [5.41, 5.74) is 0. The summed E-state index contributed by atoms with van der Waals surface area (Å²) in [4.78, 5) is 36.0. The molecule has 3 unspecified atom stereocenters. The van der Waals surface area contributed by atoms with Gasteiger partial charge < -0.3 is 19.8 Å². The van der Waals surface area contributed by atoms with Gasteiger partial charge in [-0.3, -0.25) is 14.4 Å². The number of hydrogen-bond acceptors (Lipinski definition) is 3. The second-order valence-electron chi connectivity index (χ2n) is 13.6. The highest BCUT2D eigenvalue weighted by Gasteiger charge is 2.40. The molecule has 0 aliphatic carbocycles. The van der Waals surface area contributed by atoms with Crippen LogP contribution in [0.1, 0.15) is 169 Å². The van der Waals surface area contributed by atoms with Crippen LogP contribution in [0.4, 0.5) is 0 Å². The lowest BCUT2D eigenvalue weighted by molar-refractivity contribution is -0.935. The van der Waals surface area contributed by atoms with Gasteiger partial charge in [-0.15, -0.1) is 0 Å². The first kappa shape index (κ1) is 43.1. The molecule has 0 bridgehead atoms. The van der Waals surface area contributed by atoms with E-state index in [9.17, 15) is 29.7 Å². The molecule has 45 heavy (non-hydrogen) atoms. The summed E-state index contributed by atoms with van der Waals surface area (Å²) >= 11 is 0. The Bertz CT molecular complexity index is 722. The van der Waals surface area contributed by atoms with Gasteiger partial charge in [0.2, 0.25) is 0 Å². The second-order valence-corrected chi connectivity index (χ2v) is 13.6. The minimum Gasteiger partial charge on any atom is -0.481 e. The Morgan fingerprint density at radius 2 is 0.756 bits per heavy atom. The first-order valence-corrected chi connectivity index (χ1v) is 18.8. The smallest absolute Gasteiger partial charge is 0.312 e. The molecule has 3 N–H and O–H groups in total. The summed E-state index contributed by atoms with van der Waals surface area (Å²) in [5, 5.41) is 29.5. The number of aliphatic carboxylic acids is 3. The van der Waals surface area contributed by atoms with Crippen LogP contribution in [0.5, 0.6) is 0 Å². The van der Waals surface area contributed by atoms with Crippen molar-refractivity contribution in [1.82, 2.24) is 0 Å². The molecule has 0 spiro atoms. The van der Waals surface area contributed by atoms with Gasteiger partial charge in [-0.05, 0) is 57.8 Å². The van der Waals surface area contributed by atoms with E-state index >= 15 is 0 Å². The first-order valence-electron chi connectivity index (χ1n) is 18.8. The van der Waals surface area contributed by atoms with Gasteiger partial charge in [0.05, 0.1) is 26.2 Å². The maximum Gasteiger partial charge on any atom is 0.312 e. The lowest BCUT2D eigenvalue weighted by atomic mass is 9.95. The van der Waals surface area contributed by atoms with E-state index in [4.69, 9.17) is 0 Å². The molecule has 3 atom stereocenters. The van der Waals surface area contributed by atoms with Crippen molar-refractivity contribution in [3.63, 3.8) is 0 Å². The maximum atomic E-state index is 12.0.